The third-order valence-corrected chi connectivity index (χ3v) is 1.68. The Kier molecular flexibility index (Phi) is 1.85. The number of aryl methyl sites for hydroxylation is 1. The number of aromatic hydroxyl groups is 2. The lowest BCUT2D eigenvalue weighted by Crippen LogP contribution is -1.78. The van der Waals surface area contributed by atoms with Gasteiger partial charge < -0.3 is 14.7 Å². The zero-order valence-electron chi connectivity index (χ0n) is 7.43. The van der Waals surface area contributed by atoms with Crippen LogP contribution in [0.25, 0.3) is 11.5 Å². The predicted molar refractivity (Wildman–Crippen MR) is 47.8 cm³/mol. The summed E-state index contributed by atoms with van der Waals surface area (Å²) in [6.07, 6.45) is 0. The van der Waals surface area contributed by atoms with E-state index >= 15 is 0 Å². The minimum absolute atomic E-state index is 0.0455. The summed E-state index contributed by atoms with van der Waals surface area (Å²) in [4.78, 5) is 3.96. The molecule has 0 fully saturated rings. The number of nitrogens with zero attached hydrogens (tertiary/aromatic N) is 2. The highest BCUT2D eigenvalue weighted by atomic mass is 16.5. The SMILES string of the molecule is Cc1noc(-c2cc(O)cc(O)c2)n1. The Morgan fingerprint density at radius 3 is 2.29 bits per heavy atom. The van der Waals surface area contributed by atoms with Crippen molar-refractivity contribution in [1.29, 1.82) is 0 Å². The molecule has 2 rings (SSSR count). The molecule has 72 valence electrons. The first-order valence-electron chi connectivity index (χ1n) is 3.99. The molecule has 0 aliphatic rings. The lowest BCUT2D eigenvalue weighted by atomic mass is 10.2. The summed E-state index contributed by atoms with van der Waals surface area (Å²) in [5, 5.41) is 22.0. The number of aromatic nitrogens is 2. The van der Waals surface area contributed by atoms with E-state index in [9.17, 15) is 10.2 Å². The standard InChI is InChI=1S/C9H8N2O3/c1-5-10-9(14-11-5)6-2-7(12)4-8(13)3-6/h2-4,12-13H,1H3. The second kappa shape index (κ2) is 3.02. The average Bonchev–Trinajstić information content (AvgIpc) is 2.50. The molecule has 0 amide bonds. The topological polar surface area (TPSA) is 79.4 Å². The van der Waals surface area contributed by atoms with Gasteiger partial charge in [-0.25, -0.2) is 0 Å². The number of phenols is 2. The van der Waals surface area contributed by atoms with E-state index in [1.807, 2.05) is 0 Å². The molecule has 2 N–H and O–H groups in total. The van der Waals surface area contributed by atoms with Crippen LogP contribution in [0.5, 0.6) is 11.5 Å². The quantitative estimate of drug-likeness (QED) is 0.714. The van der Waals surface area contributed by atoms with E-state index in [-0.39, 0.29) is 17.4 Å². The smallest absolute Gasteiger partial charge is 0.258 e. The van der Waals surface area contributed by atoms with Gasteiger partial charge >= 0.3 is 0 Å². The number of benzene rings is 1. The molecule has 1 aromatic heterocycles. The summed E-state index contributed by atoms with van der Waals surface area (Å²) in [6.45, 7) is 1.69. The summed E-state index contributed by atoms with van der Waals surface area (Å²) >= 11 is 0. The fraction of sp³-hybridized carbons (Fsp3) is 0.111. The van der Waals surface area contributed by atoms with Crippen LogP contribution in [0, 0.1) is 6.92 Å². The van der Waals surface area contributed by atoms with E-state index in [0.29, 0.717) is 11.4 Å². The van der Waals surface area contributed by atoms with E-state index in [4.69, 9.17) is 4.52 Å². The highest BCUT2D eigenvalue weighted by Gasteiger charge is 2.08. The summed E-state index contributed by atoms with van der Waals surface area (Å²) < 4.78 is 4.88. The van der Waals surface area contributed by atoms with Crippen LogP contribution in [0.3, 0.4) is 0 Å². The maximum atomic E-state index is 9.21. The van der Waals surface area contributed by atoms with E-state index in [2.05, 4.69) is 10.1 Å². The number of phenolic OH excluding ortho intramolecular Hbond substituents is 2. The number of rotatable bonds is 1. The average molecular weight is 192 g/mol. The third kappa shape index (κ3) is 1.52. The first-order chi connectivity index (χ1) is 6.65. The van der Waals surface area contributed by atoms with E-state index < -0.39 is 0 Å². The van der Waals surface area contributed by atoms with Gasteiger partial charge in [0.1, 0.15) is 11.5 Å². The molecule has 5 heteroatoms. The first-order valence-corrected chi connectivity index (χ1v) is 3.99. The molecule has 1 heterocycles. The summed E-state index contributed by atoms with van der Waals surface area (Å²) in [7, 11) is 0. The van der Waals surface area contributed by atoms with Crippen molar-refractivity contribution in [2.75, 3.05) is 0 Å². The molecule has 5 nitrogen and oxygen atoms in total. The van der Waals surface area contributed by atoms with Crippen LogP contribution in [0.2, 0.25) is 0 Å². The summed E-state index contributed by atoms with van der Waals surface area (Å²) in [5.74, 6) is 0.684. The Bertz CT molecular complexity index is 445. The van der Waals surface area contributed by atoms with Crippen LogP contribution >= 0.6 is 0 Å². The monoisotopic (exact) mass is 192 g/mol. The van der Waals surface area contributed by atoms with Crippen LogP contribution in [0.1, 0.15) is 5.82 Å². The van der Waals surface area contributed by atoms with Crippen molar-refractivity contribution >= 4 is 0 Å². The lowest BCUT2D eigenvalue weighted by Gasteiger charge is -1.97. The molecule has 2 aromatic rings. The minimum atomic E-state index is -0.0455. The maximum Gasteiger partial charge on any atom is 0.258 e. The molecule has 0 aliphatic heterocycles. The van der Waals surface area contributed by atoms with E-state index in [0.717, 1.165) is 0 Å². The van der Waals surface area contributed by atoms with E-state index in [1.165, 1.54) is 18.2 Å². The van der Waals surface area contributed by atoms with Gasteiger partial charge in [0, 0.05) is 11.6 Å². The molecule has 0 spiro atoms. The highest BCUT2D eigenvalue weighted by molar-refractivity contribution is 5.58. The fourth-order valence-corrected chi connectivity index (χ4v) is 1.13. The van der Waals surface area contributed by atoms with Crippen molar-refractivity contribution < 1.29 is 14.7 Å². The number of hydrogen-bond donors (Lipinski definition) is 2. The zero-order chi connectivity index (χ0) is 10.1. The van der Waals surface area contributed by atoms with Gasteiger partial charge in [-0.15, -0.1) is 0 Å². The van der Waals surface area contributed by atoms with Crippen molar-refractivity contribution in [2.45, 2.75) is 6.92 Å². The van der Waals surface area contributed by atoms with Crippen LogP contribution in [-0.4, -0.2) is 20.4 Å². The van der Waals surface area contributed by atoms with Gasteiger partial charge in [-0.05, 0) is 19.1 Å². The summed E-state index contributed by atoms with van der Waals surface area (Å²) in [6, 6.07) is 4.10. The molecule has 0 atom stereocenters. The van der Waals surface area contributed by atoms with Crippen molar-refractivity contribution in [3.63, 3.8) is 0 Å². The largest absolute Gasteiger partial charge is 0.508 e. The first kappa shape index (κ1) is 8.55. The Morgan fingerprint density at radius 1 is 1.14 bits per heavy atom. The van der Waals surface area contributed by atoms with Crippen LogP contribution in [-0.2, 0) is 0 Å². The molecule has 0 bridgehead atoms. The van der Waals surface area contributed by atoms with Gasteiger partial charge in [-0.1, -0.05) is 5.16 Å². The zero-order valence-corrected chi connectivity index (χ0v) is 7.43. The van der Waals surface area contributed by atoms with Gasteiger partial charge in [-0.3, -0.25) is 0 Å². The van der Waals surface area contributed by atoms with Crippen LogP contribution < -0.4 is 0 Å². The Labute approximate surface area is 79.6 Å². The van der Waals surface area contributed by atoms with Crippen molar-refractivity contribution in [3.8, 4) is 23.0 Å². The van der Waals surface area contributed by atoms with Gasteiger partial charge in [0.15, 0.2) is 5.82 Å². The maximum absolute atomic E-state index is 9.21. The van der Waals surface area contributed by atoms with E-state index in [1.54, 1.807) is 6.92 Å². The fourth-order valence-electron chi connectivity index (χ4n) is 1.13. The van der Waals surface area contributed by atoms with Gasteiger partial charge in [0.05, 0.1) is 0 Å². The second-order valence-corrected chi connectivity index (χ2v) is 2.88. The molecular weight excluding hydrogens is 184 g/mol. The molecule has 0 saturated heterocycles. The Hall–Kier alpha value is -2.04. The Morgan fingerprint density at radius 2 is 1.79 bits per heavy atom. The van der Waals surface area contributed by atoms with Crippen molar-refractivity contribution in [1.82, 2.24) is 10.1 Å². The van der Waals surface area contributed by atoms with Crippen LogP contribution in [0.4, 0.5) is 0 Å². The van der Waals surface area contributed by atoms with Gasteiger partial charge in [0.25, 0.3) is 5.89 Å². The second-order valence-electron chi connectivity index (χ2n) is 2.88. The lowest BCUT2D eigenvalue weighted by molar-refractivity contribution is 0.423. The predicted octanol–water partition coefficient (Wildman–Crippen LogP) is 1.46. The minimum Gasteiger partial charge on any atom is -0.508 e. The molecule has 14 heavy (non-hydrogen) atoms. The van der Waals surface area contributed by atoms with Crippen LogP contribution in [0.15, 0.2) is 22.7 Å². The molecule has 0 saturated carbocycles. The molecule has 0 unspecified atom stereocenters. The third-order valence-electron chi connectivity index (χ3n) is 1.68. The van der Waals surface area contributed by atoms with Crippen molar-refractivity contribution in [2.24, 2.45) is 0 Å². The summed E-state index contributed by atoms with van der Waals surface area (Å²) in [5.41, 5.74) is 0.489. The van der Waals surface area contributed by atoms with Gasteiger partial charge in [-0.2, -0.15) is 4.98 Å². The highest BCUT2D eigenvalue weighted by Crippen LogP contribution is 2.27. The van der Waals surface area contributed by atoms with Gasteiger partial charge in [0.2, 0.25) is 0 Å². The number of hydrogen-bond acceptors (Lipinski definition) is 5. The molecule has 0 aliphatic carbocycles. The normalized spacial score (nSPS) is 10.4. The molecule has 0 radical (unpaired) electrons. The Balaban J connectivity index is 2.51. The molecular formula is C9H8N2O3. The molecule has 1 aromatic carbocycles. The van der Waals surface area contributed by atoms with Crippen molar-refractivity contribution in [3.05, 3.63) is 24.0 Å².